The van der Waals surface area contributed by atoms with Crippen molar-refractivity contribution in [3.63, 3.8) is 0 Å². The molecule has 1 rings (SSSR count). The molecule has 1 atom stereocenters. The molecule has 0 aliphatic heterocycles. The number of nitrogens with one attached hydrogen (secondary N) is 1. The molecule has 1 aromatic carbocycles. The molecule has 0 spiro atoms. The molecule has 0 bridgehead atoms. The van der Waals surface area contributed by atoms with E-state index in [2.05, 4.69) is 11.4 Å². The number of benzene rings is 1. The van der Waals surface area contributed by atoms with Crippen LogP contribution in [0.2, 0.25) is 0 Å². The Morgan fingerprint density at radius 1 is 1.44 bits per heavy atom. The van der Waals surface area contributed by atoms with E-state index in [4.69, 9.17) is 5.26 Å². The first-order valence-corrected chi connectivity index (χ1v) is 5.39. The highest BCUT2D eigenvalue weighted by Crippen LogP contribution is 2.16. The average molecular weight is 220 g/mol. The van der Waals surface area contributed by atoms with E-state index in [9.17, 15) is 4.39 Å². The van der Waals surface area contributed by atoms with E-state index < -0.39 is 5.54 Å². The third-order valence-corrected chi connectivity index (χ3v) is 2.36. The van der Waals surface area contributed by atoms with Gasteiger partial charge in [0.05, 0.1) is 6.07 Å². The molecule has 2 nitrogen and oxygen atoms in total. The first-order chi connectivity index (χ1) is 7.47. The first kappa shape index (κ1) is 12.7. The summed E-state index contributed by atoms with van der Waals surface area (Å²) in [7, 11) is 0. The van der Waals surface area contributed by atoms with Crippen molar-refractivity contribution in [3.8, 4) is 6.07 Å². The lowest BCUT2D eigenvalue weighted by Crippen LogP contribution is -2.46. The minimum Gasteiger partial charge on any atom is -0.297 e. The predicted octanol–water partition coefficient (Wildman–Crippen LogP) is 2.65. The lowest BCUT2D eigenvalue weighted by molar-refractivity contribution is 0.398. The molecule has 1 aromatic rings. The SMILES string of the molecule is CC(C)NC(C)(C#N)Cc1ccccc1F. The van der Waals surface area contributed by atoms with Crippen LogP contribution < -0.4 is 5.32 Å². The van der Waals surface area contributed by atoms with Crippen LogP contribution in [0.5, 0.6) is 0 Å². The molecule has 16 heavy (non-hydrogen) atoms. The van der Waals surface area contributed by atoms with E-state index in [-0.39, 0.29) is 11.9 Å². The van der Waals surface area contributed by atoms with Gasteiger partial charge in [-0.05, 0) is 32.4 Å². The van der Waals surface area contributed by atoms with Crippen LogP contribution in [0.4, 0.5) is 4.39 Å². The zero-order valence-corrected chi connectivity index (χ0v) is 9.92. The van der Waals surface area contributed by atoms with Crippen LogP contribution in [-0.4, -0.2) is 11.6 Å². The van der Waals surface area contributed by atoms with Crippen LogP contribution in [0.3, 0.4) is 0 Å². The highest BCUT2D eigenvalue weighted by Gasteiger charge is 2.25. The number of hydrogen-bond acceptors (Lipinski definition) is 2. The van der Waals surface area contributed by atoms with Crippen molar-refractivity contribution in [2.24, 2.45) is 0 Å². The summed E-state index contributed by atoms with van der Waals surface area (Å²) in [4.78, 5) is 0. The standard InChI is InChI=1S/C13H17FN2/c1-10(2)16-13(3,9-15)8-11-6-4-5-7-12(11)14/h4-7,10,16H,8H2,1-3H3. The normalized spacial score (nSPS) is 14.5. The van der Waals surface area contributed by atoms with Gasteiger partial charge in [-0.2, -0.15) is 5.26 Å². The molecule has 0 saturated heterocycles. The van der Waals surface area contributed by atoms with Crippen LogP contribution in [0.1, 0.15) is 26.3 Å². The van der Waals surface area contributed by atoms with Gasteiger partial charge >= 0.3 is 0 Å². The summed E-state index contributed by atoms with van der Waals surface area (Å²) in [5.41, 5.74) is -0.157. The number of nitrogens with zero attached hydrogens (tertiary/aromatic N) is 1. The molecule has 0 amide bonds. The molecule has 3 heteroatoms. The van der Waals surface area contributed by atoms with Crippen molar-refractivity contribution in [2.75, 3.05) is 0 Å². The second-order valence-corrected chi connectivity index (χ2v) is 4.51. The van der Waals surface area contributed by atoms with E-state index >= 15 is 0 Å². The zero-order valence-electron chi connectivity index (χ0n) is 9.92. The van der Waals surface area contributed by atoms with E-state index in [1.165, 1.54) is 6.07 Å². The molecule has 0 saturated carbocycles. The maximum atomic E-state index is 13.5. The number of nitriles is 1. The molecule has 0 aliphatic carbocycles. The summed E-state index contributed by atoms with van der Waals surface area (Å²) in [5, 5.41) is 12.3. The Kier molecular flexibility index (Phi) is 4.03. The van der Waals surface area contributed by atoms with Gasteiger partial charge in [0.25, 0.3) is 0 Å². The van der Waals surface area contributed by atoms with Gasteiger partial charge in [-0.3, -0.25) is 5.32 Å². The van der Waals surface area contributed by atoms with Crippen molar-refractivity contribution < 1.29 is 4.39 Å². The van der Waals surface area contributed by atoms with Crippen molar-refractivity contribution >= 4 is 0 Å². The Balaban J connectivity index is 2.86. The summed E-state index contributed by atoms with van der Waals surface area (Å²) in [6.45, 7) is 5.73. The van der Waals surface area contributed by atoms with Gasteiger partial charge < -0.3 is 0 Å². The quantitative estimate of drug-likeness (QED) is 0.846. The van der Waals surface area contributed by atoms with Gasteiger partial charge in [-0.25, -0.2) is 4.39 Å². The van der Waals surface area contributed by atoms with Gasteiger partial charge in [0.2, 0.25) is 0 Å². The Morgan fingerprint density at radius 2 is 2.06 bits per heavy atom. The van der Waals surface area contributed by atoms with Crippen LogP contribution in [0.25, 0.3) is 0 Å². The molecule has 1 unspecified atom stereocenters. The van der Waals surface area contributed by atoms with Gasteiger partial charge in [-0.15, -0.1) is 0 Å². The fourth-order valence-electron chi connectivity index (χ4n) is 1.78. The second-order valence-electron chi connectivity index (χ2n) is 4.51. The monoisotopic (exact) mass is 220 g/mol. The van der Waals surface area contributed by atoms with Crippen molar-refractivity contribution in [3.05, 3.63) is 35.6 Å². The van der Waals surface area contributed by atoms with Crippen molar-refractivity contribution in [1.82, 2.24) is 5.32 Å². The average Bonchev–Trinajstić information content (AvgIpc) is 2.20. The zero-order chi connectivity index (χ0) is 12.2. The maximum absolute atomic E-state index is 13.5. The smallest absolute Gasteiger partial charge is 0.126 e. The van der Waals surface area contributed by atoms with Gasteiger partial charge in [-0.1, -0.05) is 18.2 Å². The second kappa shape index (κ2) is 5.09. The fraction of sp³-hybridized carbons (Fsp3) is 0.462. The Morgan fingerprint density at radius 3 is 2.56 bits per heavy atom. The van der Waals surface area contributed by atoms with E-state index in [0.29, 0.717) is 12.0 Å². The lowest BCUT2D eigenvalue weighted by Gasteiger charge is -2.26. The third-order valence-electron chi connectivity index (χ3n) is 2.36. The highest BCUT2D eigenvalue weighted by molar-refractivity contribution is 5.23. The van der Waals surface area contributed by atoms with Gasteiger partial charge in [0.1, 0.15) is 11.4 Å². The van der Waals surface area contributed by atoms with E-state index in [1.54, 1.807) is 25.1 Å². The van der Waals surface area contributed by atoms with Crippen LogP contribution in [0.15, 0.2) is 24.3 Å². The topological polar surface area (TPSA) is 35.8 Å². The number of hydrogen-bond donors (Lipinski definition) is 1. The third kappa shape index (κ3) is 3.32. The number of halogens is 1. The molecular formula is C13H17FN2. The fourth-order valence-corrected chi connectivity index (χ4v) is 1.78. The van der Waals surface area contributed by atoms with Crippen LogP contribution in [-0.2, 0) is 6.42 Å². The van der Waals surface area contributed by atoms with E-state index in [1.807, 2.05) is 13.8 Å². The molecule has 1 N–H and O–H groups in total. The van der Waals surface area contributed by atoms with Crippen molar-refractivity contribution in [2.45, 2.75) is 38.8 Å². The molecule has 0 fully saturated rings. The maximum Gasteiger partial charge on any atom is 0.126 e. The predicted molar refractivity (Wildman–Crippen MR) is 62.4 cm³/mol. The Labute approximate surface area is 96.1 Å². The minimum atomic E-state index is -0.726. The van der Waals surface area contributed by atoms with Crippen LogP contribution >= 0.6 is 0 Å². The highest BCUT2D eigenvalue weighted by atomic mass is 19.1. The lowest BCUT2D eigenvalue weighted by atomic mass is 9.93. The first-order valence-electron chi connectivity index (χ1n) is 5.39. The summed E-state index contributed by atoms with van der Waals surface area (Å²) in [6.07, 6.45) is 0.369. The van der Waals surface area contributed by atoms with E-state index in [0.717, 1.165) is 0 Å². The molecule has 0 heterocycles. The summed E-state index contributed by atoms with van der Waals surface area (Å²) < 4.78 is 13.5. The van der Waals surface area contributed by atoms with Gasteiger partial charge in [0.15, 0.2) is 0 Å². The summed E-state index contributed by atoms with van der Waals surface area (Å²) in [6, 6.07) is 8.97. The molecule has 0 aliphatic rings. The largest absolute Gasteiger partial charge is 0.297 e. The molecule has 0 radical (unpaired) electrons. The Bertz CT molecular complexity index is 395. The minimum absolute atomic E-state index is 0.191. The van der Waals surface area contributed by atoms with Gasteiger partial charge in [0, 0.05) is 12.5 Å². The Hall–Kier alpha value is -1.40. The summed E-state index contributed by atoms with van der Waals surface area (Å²) >= 11 is 0. The van der Waals surface area contributed by atoms with Crippen molar-refractivity contribution in [1.29, 1.82) is 5.26 Å². The molecular weight excluding hydrogens is 203 g/mol. The molecule has 0 aromatic heterocycles. The summed E-state index contributed by atoms with van der Waals surface area (Å²) in [5.74, 6) is -0.255. The molecule has 86 valence electrons. The number of rotatable bonds is 4. The van der Waals surface area contributed by atoms with Crippen LogP contribution in [0, 0.1) is 17.1 Å².